The summed E-state index contributed by atoms with van der Waals surface area (Å²) >= 11 is 0. The second-order valence-corrected chi connectivity index (χ2v) is 8.10. The van der Waals surface area contributed by atoms with Gasteiger partial charge in [0, 0.05) is 25.0 Å². The summed E-state index contributed by atoms with van der Waals surface area (Å²) in [6, 6.07) is 0.370. The van der Waals surface area contributed by atoms with Crippen LogP contribution in [0.1, 0.15) is 58.8 Å². The van der Waals surface area contributed by atoms with Crippen LogP contribution in [-0.2, 0) is 4.79 Å². The summed E-state index contributed by atoms with van der Waals surface area (Å²) in [6.07, 6.45) is 8.32. The van der Waals surface area contributed by atoms with E-state index in [1.54, 1.807) is 0 Å². The predicted octanol–water partition coefficient (Wildman–Crippen LogP) is 3.03. The van der Waals surface area contributed by atoms with E-state index in [0.717, 1.165) is 37.8 Å². The Morgan fingerprint density at radius 3 is 2.14 bits per heavy atom. The van der Waals surface area contributed by atoms with Crippen LogP contribution in [0.4, 0.5) is 0 Å². The van der Waals surface area contributed by atoms with Crippen LogP contribution in [0.2, 0.25) is 0 Å². The van der Waals surface area contributed by atoms with Crippen LogP contribution < -0.4 is 5.73 Å². The second-order valence-electron chi connectivity index (χ2n) is 8.10. The number of amides is 1. The Kier molecular flexibility index (Phi) is 4.58. The molecule has 0 aromatic rings. The molecule has 3 heteroatoms. The number of nitrogens with zero attached hydrogens (tertiary/aromatic N) is 1. The standard InChI is InChI=1S/C18H32N2O/c1-12(2)13-6-8-20(9-7-13)18(21)16-10-14-4-3-5-15(11-16)17(14)19/h12-17H,3-11,19H2,1-2H3. The molecule has 0 radical (unpaired) electrons. The van der Waals surface area contributed by atoms with Gasteiger partial charge < -0.3 is 10.6 Å². The molecule has 2 saturated carbocycles. The lowest BCUT2D eigenvalue weighted by molar-refractivity contribution is -0.140. The zero-order chi connectivity index (χ0) is 15.0. The van der Waals surface area contributed by atoms with Crippen LogP contribution in [-0.4, -0.2) is 29.9 Å². The third-order valence-corrected chi connectivity index (χ3v) is 6.56. The Balaban J connectivity index is 1.57. The lowest BCUT2D eigenvalue weighted by Crippen LogP contribution is -2.50. The first-order chi connectivity index (χ1) is 10.1. The summed E-state index contributed by atoms with van der Waals surface area (Å²) in [5.41, 5.74) is 6.35. The average molecular weight is 292 g/mol. The van der Waals surface area contributed by atoms with E-state index < -0.39 is 0 Å². The lowest BCUT2D eigenvalue weighted by Gasteiger charge is -2.45. The van der Waals surface area contributed by atoms with Crippen molar-refractivity contribution in [1.29, 1.82) is 0 Å². The summed E-state index contributed by atoms with van der Waals surface area (Å²) < 4.78 is 0. The number of likely N-dealkylation sites (tertiary alicyclic amines) is 1. The molecular weight excluding hydrogens is 260 g/mol. The third-order valence-electron chi connectivity index (χ3n) is 6.56. The Morgan fingerprint density at radius 1 is 1.05 bits per heavy atom. The SMILES string of the molecule is CC(C)C1CCN(C(=O)C2CC3CCCC(C2)C3N)CC1. The Hall–Kier alpha value is -0.570. The van der Waals surface area contributed by atoms with Crippen LogP contribution >= 0.6 is 0 Å². The highest BCUT2D eigenvalue weighted by atomic mass is 16.2. The van der Waals surface area contributed by atoms with E-state index in [0.29, 0.717) is 23.8 Å². The van der Waals surface area contributed by atoms with Crippen molar-refractivity contribution in [3.05, 3.63) is 0 Å². The molecule has 1 aliphatic heterocycles. The van der Waals surface area contributed by atoms with Gasteiger partial charge in [-0.1, -0.05) is 20.3 Å². The van der Waals surface area contributed by atoms with Crippen molar-refractivity contribution in [2.24, 2.45) is 35.3 Å². The molecule has 3 nitrogen and oxygen atoms in total. The normalized spacial score (nSPS) is 37.8. The highest BCUT2D eigenvalue weighted by Gasteiger charge is 2.42. The number of carbonyl (C=O) groups excluding carboxylic acids is 1. The van der Waals surface area contributed by atoms with E-state index in [9.17, 15) is 4.79 Å². The molecule has 120 valence electrons. The molecule has 3 aliphatic rings. The van der Waals surface area contributed by atoms with Gasteiger partial charge >= 0.3 is 0 Å². The summed E-state index contributed by atoms with van der Waals surface area (Å²) in [5.74, 6) is 3.51. The molecule has 21 heavy (non-hydrogen) atoms. The number of rotatable bonds is 2. The summed E-state index contributed by atoms with van der Waals surface area (Å²) in [4.78, 5) is 15.0. The third kappa shape index (κ3) is 3.13. The van der Waals surface area contributed by atoms with E-state index >= 15 is 0 Å². The van der Waals surface area contributed by atoms with E-state index in [2.05, 4.69) is 18.7 Å². The average Bonchev–Trinajstić information content (AvgIpc) is 2.46. The first kappa shape index (κ1) is 15.3. The molecule has 2 aliphatic carbocycles. The van der Waals surface area contributed by atoms with Gasteiger partial charge in [-0.2, -0.15) is 0 Å². The number of hydrogen-bond acceptors (Lipinski definition) is 2. The van der Waals surface area contributed by atoms with Crippen molar-refractivity contribution in [2.75, 3.05) is 13.1 Å². The number of nitrogens with two attached hydrogens (primary N) is 1. The summed E-state index contributed by atoms with van der Waals surface area (Å²) in [5, 5.41) is 0. The zero-order valence-corrected chi connectivity index (χ0v) is 13.8. The van der Waals surface area contributed by atoms with Crippen LogP contribution in [0.15, 0.2) is 0 Å². The van der Waals surface area contributed by atoms with Crippen molar-refractivity contribution in [2.45, 2.75) is 64.8 Å². The predicted molar refractivity (Wildman–Crippen MR) is 85.7 cm³/mol. The fourth-order valence-electron chi connectivity index (χ4n) is 5.04. The van der Waals surface area contributed by atoms with Crippen LogP contribution in [0.25, 0.3) is 0 Å². The molecule has 2 atom stereocenters. The Morgan fingerprint density at radius 2 is 1.62 bits per heavy atom. The minimum Gasteiger partial charge on any atom is -0.342 e. The quantitative estimate of drug-likeness (QED) is 0.850. The zero-order valence-electron chi connectivity index (χ0n) is 13.8. The van der Waals surface area contributed by atoms with Gasteiger partial charge in [-0.25, -0.2) is 0 Å². The number of piperidine rings is 1. The van der Waals surface area contributed by atoms with Gasteiger partial charge in [0.2, 0.25) is 5.91 Å². The highest BCUT2D eigenvalue weighted by molar-refractivity contribution is 5.79. The molecular formula is C18H32N2O. The summed E-state index contributed by atoms with van der Waals surface area (Å²) in [7, 11) is 0. The fraction of sp³-hybridized carbons (Fsp3) is 0.944. The molecule has 3 fully saturated rings. The molecule has 3 rings (SSSR count). The molecule has 0 aromatic carbocycles. The van der Waals surface area contributed by atoms with E-state index in [1.807, 2.05) is 0 Å². The molecule has 0 aromatic heterocycles. The lowest BCUT2D eigenvalue weighted by atomic mass is 9.65. The Labute approximate surface area is 129 Å². The van der Waals surface area contributed by atoms with Crippen molar-refractivity contribution in [1.82, 2.24) is 4.90 Å². The topological polar surface area (TPSA) is 46.3 Å². The maximum atomic E-state index is 12.9. The van der Waals surface area contributed by atoms with E-state index in [1.165, 1.54) is 32.1 Å². The molecule has 2 N–H and O–H groups in total. The van der Waals surface area contributed by atoms with Crippen molar-refractivity contribution < 1.29 is 4.79 Å². The maximum absolute atomic E-state index is 12.9. The van der Waals surface area contributed by atoms with Gasteiger partial charge in [0.05, 0.1) is 0 Å². The first-order valence-corrected chi connectivity index (χ1v) is 9.10. The smallest absolute Gasteiger partial charge is 0.225 e. The van der Waals surface area contributed by atoms with Crippen molar-refractivity contribution in [3.8, 4) is 0 Å². The van der Waals surface area contributed by atoms with Gasteiger partial charge in [0.25, 0.3) is 0 Å². The highest BCUT2D eigenvalue weighted by Crippen LogP contribution is 2.42. The minimum absolute atomic E-state index is 0.274. The van der Waals surface area contributed by atoms with Gasteiger partial charge in [0.1, 0.15) is 0 Å². The van der Waals surface area contributed by atoms with Crippen LogP contribution in [0, 0.1) is 29.6 Å². The molecule has 2 unspecified atom stereocenters. The maximum Gasteiger partial charge on any atom is 0.225 e. The largest absolute Gasteiger partial charge is 0.342 e. The summed E-state index contributed by atoms with van der Waals surface area (Å²) in [6.45, 7) is 6.59. The molecule has 1 amide bonds. The second kappa shape index (κ2) is 6.28. The van der Waals surface area contributed by atoms with E-state index in [4.69, 9.17) is 5.73 Å². The van der Waals surface area contributed by atoms with Crippen molar-refractivity contribution >= 4 is 5.91 Å². The Bertz CT molecular complexity index is 359. The molecule has 1 saturated heterocycles. The van der Waals surface area contributed by atoms with Gasteiger partial charge in [-0.3, -0.25) is 4.79 Å². The molecule has 1 heterocycles. The monoisotopic (exact) mass is 292 g/mol. The number of fused-ring (bicyclic) bond motifs is 2. The van der Waals surface area contributed by atoms with E-state index in [-0.39, 0.29) is 5.92 Å². The fourth-order valence-corrected chi connectivity index (χ4v) is 5.04. The van der Waals surface area contributed by atoms with Crippen LogP contribution in [0.3, 0.4) is 0 Å². The van der Waals surface area contributed by atoms with Crippen molar-refractivity contribution in [3.63, 3.8) is 0 Å². The number of hydrogen-bond donors (Lipinski definition) is 1. The van der Waals surface area contributed by atoms with Gasteiger partial charge in [0.15, 0.2) is 0 Å². The molecule has 0 spiro atoms. The van der Waals surface area contributed by atoms with Crippen LogP contribution in [0.5, 0.6) is 0 Å². The first-order valence-electron chi connectivity index (χ1n) is 9.10. The molecule has 2 bridgehead atoms. The number of carbonyl (C=O) groups is 1. The van der Waals surface area contributed by atoms with Gasteiger partial charge in [-0.05, 0) is 62.2 Å². The minimum atomic E-state index is 0.274. The van der Waals surface area contributed by atoms with Gasteiger partial charge in [-0.15, -0.1) is 0 Å².